The number of nitrogens with zero attached hydrogens (tertiary/aromatic N) is 2. The van der Waals surface area contributed by atoms with E-state index in [0.29, 0.717) is 16.3 Å². The molecule has 3 rings (SSSR count). The van der Waals surface area contributed by atoms with Gasteiger partial charge in [-0.1, -0.05) is 18.9 Å². The standard InChI is InChI=1S/C22H27FN2OS2/c1-16(19-7-5-6-14-24-19)25(2)22(26)15-27-20-8-3-4-9-21(20)28-18-12-10-17(23)11-13-18/h5-7,10-14,16,20-21H,3-4,8-9,15H2,1-2H3. The molecule has 0 N–H and O–H groups in total. The van der Waals surface area contributed by atoms with Gasteiger partial charge in [-0.15, -0.1) is 23.5 Å². The third-order valence-electron chi connectivity index (χ3n) is 5.25. The molecule has 1 amide bonds. The summed E-state index contributed by atoms with van der Waals surface area (Å²) in [5, 5.41) is 0.918. The number of benzene rings is 1. The summed E-state index contributed by atoms with van der Waals surface area (Å²) >= 11 is 3.59. The lowest BCUT2D eigenvalue weighted by Gasteiger charge is -2.31. The molecule has 2 aromatic rings. The largest absolute Gasteiger partial charge is 0.337 e. The Morgan fingerprint density at radius 2 is 1.89 bits per heavy atom. The van der Waals surface area contributed by atoms with Crippen molar-refractivity contribution in [1.82, 2.24) is 9.88 Å². The van der Waals surface area contributed by atoms with Crippen molar-refractivity contribution in [3.05, 3.63) is 60.2 Å². The molecule has 28 heavy (non-hydrogen) atoms. The summed E-state index contributed by atoms with van der Waals surface area (Å²) < 4.78 is 13.2. The van der Waals surface area contributed by atoms with Crippen LogP contribution in [0.2, 0.25) is 0 Å². The van der Waals surface area contributed by atoms with E-state index in [1.807, 2.05) is 56.1 Å². The van der Waals surface area contributed by atoms with E-state index in [-0.39, 0.29) is 17.8 Å². The van der Waals surface area contributed by atoms with Crippen molar-refractivity contribution >= 4 is 29.4 Å². The van der Waals surface area contributed by atoms with Gasteiger partial charge >= 0.3 is 0 Å². The zero-order valence-electron chi connectivity index (χ0n) is 16.4. The SMILES string of the molecule is CC(c1ccccn1)N(C)C(=O)CSC1CCCCC1Sc1ccc(F)cc1. The second kappa shape index (κ2) is 10.3. The molecule has 6 heteroatoms. The van der Waals surface area contributed by atoms with Gasteiger partial charge in [0.05, 0.1) is 17.5 Å². The average Bonchev–Trinajstić information content (AvgIpc) is 2.74. The predicted molar refractivity (Wildman–Crippen MR) is 116 cm³/mol. The van der Waals surface area contributed by atoms with Crippen LogP contribution >= 0.6 is 23.5 Å². The maximum Gasteiger partial charge on any atom is 0.232 e. The second-order valence-electron chi connectivity index (χ2n) is 7.18. The number of carbonyl (C=O) groups is 1. The summed E-state index contributed by atoms with van der Waals surface area (Å²) in [4.78, 5) is 20.0. The van der Waals surface area contributed by atoms with Gasteiger partial charge in [-0.2, -0.15) is 0 Å². The first-order valence-corrected chi connectivity index (χ1v) is 11.7. The fourth-order valence-corrected chi connectivity index (χ4v) is 6.26. The first-order chi connectivity index (χ1) is 13.5. The molecule has 1 fully saturated rings. The van der Waals surface area contributed by atoms with E-state index < -0.39 is 0 Å². The van der Waals surface area contributed by atoms with E-state index in [2.05, 4.69) is 4.98 Å². The number of thioether (sulfide) groups is 2. The molecule has 0 radical (unpaired) electrons. The zero-order valence-corrected chi connectivity index (χ0v) is 18.0. The van der Waals surface area contributed by atoms with Crippen molar-refractivity contribution < 1.29 is 9.18 Å². The van der Waals surface area contributed by atoms with E-state index in [1.54, 1.807) is 22.9 Å². The molecule has 1 aromatic carbocycles. The topological polar surface area (TPSA) is 33.2 Å². The Hall–Kier alpha value is -1.53. The maximum absolute atomic E-state index is 13.2. The van der Waals surface area contributed by atoms with Gasteiger partial charge in [0.15, 0.2) is 0 Å². The van der Waals surface area contributed by atoms with Gasteiger partial charge in [0, 0.05) is 28.6 Å². The fourth-order valence-electron chi connectivity index (χ4n) is 3.39. The monoisotopic (exact) mass is 418 g/mol. The van der Waals surface area contributed by atoms with Crippen LogP contribution in [0.3, 0.4) is 0 Å². The number of amides is 1. The summed E-state index contributed by atoms with van der Waals surface area (Å²) in [6.45, 7) is 2.01. The Bertz CT molecular complexity index is 757. The van der Waals surface area contributed by atoms with Crippen LogP contribution in [0.1, 0.15) is 44.3 Å². The Kier molecular flexibility index (Phi) is 7.80. The Balaban J connectivity index is 1.55. The molecule has 1 aromatic heterocycles. The minimum Gasteiger partial charge on any atom is -0.337 e. The highest BCUT2D eigenvalue weighted by molar-refractivity contribution is 8.04. The van der Waals surface area contributed by atoms with Crippen LogP contribution in [0.25, 0.3) is 0 Å². The van der Waals surface area contributed by atoms with Crippen molar-refractivity contribution in [2.75, 3.05) is 12.8 Å². The van der Waals surface area contributed by atoms with Crippen molar-refractivity contribution in [1.29, 1.82) is 0 Å². The third kappa shape index (κ3) is 5.74. The molecule has 1 saturated carbocycles. The smallest absolute Gasteiger partial charge is 0.232 e. The molecule has 1 heterocycles. The number of aromatic nitrogens is 1. The number of hydrogen-bond acceptors (Lipinski definition) is 4. The Morgan fingerprint density at radius 3 is 2.57 bits per heavy atom. The minimum absolute atomic E-state index is 0.0370. The first-order valence-electron chi connectivity index (χ1n) is 9.75. The second-order valence-corrected chi connectivity index (χ2v) is 9.72. The molecule has 3 unspecified atom stereocenters. The summed E-state index contributed by atoms with van der Waals surface area (Å²) in [7, 11) is 1.86. The van der Waals surface area contributed by atoms with E-state index in [0.717, 1.165) is 23.4 Å². The highest BCUT2D eigenvalue weighted by Gasteiger charge is 2.28. The van der Waals surface area contributed by atoms with Crippen LogP contribution in [0.15, 0.2) is 53.6 Å². The Morgan fingerprint density at radius 1 is 1.18 bits per heavy atom. The molecule has 1 aliphatic carbocycles. The van der Waals surface area contributed by atoms with Gasteiger partial charge in [-0.05, 0) is 56.2 Å². The van der Waals surface area contributed by atoms with Crippen LogP contribution in [-0.2, 0) is 4.79 Å². The lowest BCUT2D eigenvalue weighted by atomic mass is 10.00. The lowest BCUT2D eigenvalue weighted by molar-refractivity contribution is -0.129. The molecule has 0 bridgehead atoms. The summed E-state index contributed by atoms with van der Waals surface area (Å²) in [6, 6.07) is 12.5. The number of halogens is 1. The van der Waals surface area contributed by atoms with Crippen molar-refractivity contribution in [2.24, 2.45) is 0 Å². The number of rotatable bonds is 7. The van der Waals surface area contributed by atoms with Crippen LogP contribution < -0.4 is 0 Å². The van der Waals surface area contributed by atoms with Gasteiger partial charge in [0.1, 0.15) is 5.82 Å². The third-order valence-corrected chi connectivity index (χ3v) is 8.24. The fraction of sp³-hybridized carbons (Fsp3) is 0.455. The predicted octanol–water partition coefficient (Wildman–Crippen LogP) is 5.58. The summed E-state index contributed by atoms with van der Waals surface area (Å²) in [6.07, 6.45) is 6.48. The van der Waals surface area contributed by atoms with Crippen molar-refractivity contribution in [2.45, 2.75) is 54.0 Å². The van der Waals surface area contributed by atoms with Crippen LogP contribution in [-0.4, -0.2) is 39.1 Å². The van der Waals surface area contributed by atoms with Crippen molar-refractivity contribution in [3.8, 4) is 0 Å². The van der Waals surface area contributed by atoms with Gasteiger partial charge in [0.2, 0.25) is 5.91 Å². The lowest BCUT2D eigenvalue weighted by Crippen LogP contribution is -2.33. The summed E-state index contributed by atoms with van der Waals surface area (Å²) in [5.74, 6) is 0.424. The van der Waals surface area contributed by atoms with E-state index in [9.17, 15) is 9.18 Å². The van der Waals surface area contributed by atoms with E-state index >= 15 is 0 Å². The van der Waals surface area contributed by atoms with Crippen LogP contribution in [0.5, 0.6) is 0 Å². The summed E-state index contributed by atoms with van der Waals surface area (Å²) in [5.41, 5.74) is 0.908. The van der Waals surface area contributed by atoms with E-state index in [1.165, 1.54) is 25.0 Å². The average molecular weight is 419 g/mol. The highest BCUT2D eigenvalue weighted by atomic mass is 32.2. The van der Waals surface area contributed by atoms with Gasteiger partial charge in [-0.3, -0.25) is 9.78 Å². The molecule has 3 atom stereocenters. The molecular weight excluding hydrogens is 391 g/mol. The number of hydrogen-bond donors (Lipinski definition) is 0. The normalized spacial score (nSPS) is 20.5. The zero-order chi connectivity index (χ0) is 19.9. The number of carbonyl (C=O) groups excluding carboxylic acids is 1. The minimum atomic E-state index is -0.199. The van der Waals surface area contributed by atoms with Gasteiger partial charge in [-0.25, -0.2) is 4.39 Å². The number of pyridine rings is 1. The highest BCUT2D eigenvalue weighted by Crippen LogP contribution is 2.39. The molecule has 150 valence electrons. The molecule has 1 aliphatic rings. The van der Waals surface area contributed by atoms with E-state index in [4.69, 9.17) is 0 Å². The maximum atomic E-state index is 13.2. The molecule has 0 aliphatic heterocycles. The first kappa shape index (κ1) is 21.2. The molecule has 3 nitrogen and oxygen atoms in total. The Labute approximate surface area is 175 Å². The quantitative estimate of drug-likeness (QED) is 0.588. The van der Waals surface area contributed by atoms with Crippen molar-refractivity contribution in [3.63, 3.8) is 0 Å². The van der Waals surface area contributed by atoms with Crippen LogP contribution in [0.4, 0.5) is 4.39 Å². The molecule has 0 saturated heterocycles. The van der Waals surface area contributed by atoms with Gasteiger partial charge in [0.25, 0.3) is 0 Å². The molecular formula is C22H27FN2OS2. The molecule has 0 spiro atoms. The van der Waals surface area contributed by atoms with Crippen LogP contribution in [0, 0.1) is 5.82 Å². The van der Waals surface area contributed by atoms with Gasteiger partial charge < -0.3 is 4.90 Å².